The van der Waals surface area contributed by atoms with Gasteiger partial charge in [0.15, 0.2) is 0 Å². The number of nitrogens with zero attached hydrogens (tertiary/aromatic N) is 3. The number of aromatic nitrogens is 4. The molecule has 8 aromatic rings. The third-order valence-electron chi connectivity index (χ3n) is 6.67. The van der Waals surface area contributed by atoms with E-state index in [1.807, 2.05) is 91.0 Å². The van der Waals surface area contributed by atoms with E-state index in [2.05, 4.69) is 68.5 Å². The summed E-state index contributed by atoms with van der Waals surface area (Å²) >= 11 is 0. The fourth-order valence-electron chi connectivity index (χ4n) is 4.67. The Labute approximate surface area is 275 Å². The molecule has 0 fully saturated rings. The first-order valence-electron chi connectivity index (χ1n) is 13.2. The molecular weight excluding hydrogens is 609 g/mol. The fourth-order valence-corrected chi connectivity index (χ4v) is 4.67. The minimum absolute atomic E-state index is 0. The molecule has 0 amide bonds. The quantitative estimate of drug-likeness (QED) is 0.163. The van der Waals surface area contributed by atoms with Gasteiger partial charge in [0.25, 0.3) is 5.56 Å². The van der Waals surface area contributed by atoms with Crippen LogP contribution in [0.25, 0.3) is 54.6 Å². The second-order valence-corrected chi connectivity index (χ2v) is 9.33. The van der Waals surface area contributed by atoms with Gasteiger partial charge in [-0.3, -0.25) is 4.79 Å². The van der Waals surface area contributed by atoms with Gasteiger partial charge in [0, 0.05) is 10.9 Å². The van der Waals surface area contributed by atoms with Gasteiger partial charge in [-0.2, -0.15) is 36.4 Å². The Balaban J connectivity index is 0.000000163. The summed E-state index contributed by atoms with van der Waals surface area (Å²) in [7, 11) is 0. The van der Waals surface area contributed by atoms with Crippen molar-refractivity contribution in [2.24, 2.45) is 0 Å². The van der Waals surface area contributed by atoms with Crippen LogP contribution in [0.1, 0.15) is 0 Å². The van der Waals surface area contributed by atoms with E-state index >= 15 is 0 Å². The summed E-state index contributed by atoms with van der Waals surface area (Å²) in [5.74, 6) is 0. The Morgan fingerprint density at radius 1 is 0.558 bits per heavy atom. The second-order valence-electron chi connectivity index (χ2n) is 9.33. The zero-order chi connectivity index (χ0) is 27.9. The molecule has 0 bridgehead atoms. The summed E-state index contributed by atoms with van der Waals surface area (Å²) in [5.41, 5.74) is 3.73. The summed E-state index contributed by atoms with van der Waals surface area (Å²) in [6.07, 6.45) is 3.07. The van der Waals surface area contributed by atoms with Crippen molar-refractivity contribution in [2.45, 2.75) is 0 Å². The molecule has 0 radical (unpaired) electrons. The van der Waals surface area contributed by atoms with E-state index in [0.29, 0.717) is 5.39 Å². The number of halogens is 1. The third-order valence-corrected chi connectivity index (χ3v) is 6.67. The smallest absolute Gasteiger partial charge is 1.00 e. The molecule has 0 unspecified atom stereocenters. The van der Waals surface area contributed by atoms with Gasteiger partial charge >= 0.3 is 23.1 Å². The molecule has 6 aromatic carbocycles. The first-order valence-corrected chi connectivity index (χ1v) is 13.2. The average molecular weight is 634 g/mol. The minimum Gasteiger partial charge on any atom is -1.00 e. The maximum atomic E-state index is 11.5. The van der Waals surface area contributed by atoms with Crippen LogP contribution in [-0.4, -0.2) is 43.0 Å². The van der Waals surface area contributed by atoms with E-state index in [1.54, 1.807) is 6.33 Å². The molecule has 0 aliphatic carbocycles. The van der Waals surface area contributed by atoms with E-state index < -0.39 is 0 Å². The van der Waals surface area contributed by atoms with Crippen molar-refractivity contribution in [1.29, 1.82) is 0 Å². The van der Waals surface area contributed by atoms with Crippen LogP contribution in [0.15, 0.2) is 151 Å². The second kappa shape index (κ2) is 15.2. The van der Waals surface area contributed by atoms with Crippen molar-refractivity contribution in [1.82, 2.24) is 19.9 Å². The van der Waals surface area contributed by atoms with E-state index in [-0.39, 0.29) is 45.6 Å². The molecular formula is C36H25BrMgN4O. The molecule has 0 saturated carbocycles. The summed E-state index contributed by atoms with van der Waals surface area (Å²) in [6.45, 7) is 0. The Hall–Kier alpha value is -4.43. The van der Waals surface area contributed by atoms with Gasteiger partial charge in [0.1, 0.15) is 6.33 Å². The molecule has 0 aliphatic heterocycles. The van der Waals surface area contributed by atoms with Crippen LogP contribution < -0.4 is 22.5 Å². The number of aromatic amines is 1. The molecule has 0 atom stereocenters. The van der Waals surface area contributed by atoms with Crippen molar-refractivity contribution in [3.8, 4) is 11.3 Å². The van der Waals surface area contributed by atoms with Crippen LogP contribution in [0.5, 0.6) is 0 Å². The Morgan fingerprint density at radius 3 is 1.63 bits per heavy atom. The summed E-state index contributed by atoms with van der Waals surface area (Å²) in [6, 6.07) is 47.1. The van der Waals surface area contributed by atoms with Gasteiger partial charge in [0.2, 0.25) is 0 Å². The normalized spacial score (nSPS) is 10.0. The van der Waals surface area contributed by atoms with Gasteiger partial charge < -0.3 is 22.0 Å². The van der Waals surface area contributed by atoms with Crippen LogP contribution >= 0.6 is 0 Å². The number of hydrogen-bond acceptors (Lipinski definition) is 4. The van der Waals surface area contributed by atoms with Crippen molar-refractivity contribution < 1.29 is 17.0 Å². The van der Waals surface area contributed by atoms with Crippen molar-refractivity contribution in [3.05, 3.63) is 163 Å². The van der Waals surface area contributed by atoms with Crippen LogP contribution in [0.3, 0.4) is 0 Å². The maximum absolute atomic E-state index is 11.5. The predicted octanol–water partition coefficient (Wildman–Crippen LogP) is 4.64. The van der Waals surface area contributed by atoms with E-state index in [0.717, 1.165) is 38.4 Å². The summed E-state index contributed by atoms with van der Waals surface area (Å²) in [4.78, 5) is 27.1. The first kappa shape index (κ1) is 31.5. The maximum Gasteiger partial charge on any atom is 2.00 e. The van der Waals surface area contributed by atoms with E-state index in [9.17, 15) is 4.79 Å². The number of fused-ring (bicyclic) bond motifs is 4. The monoisotopic (exact) mass is 632 g/mol. The van der Waals surface area contributed by atoms with E-state index in [1.165, 1.54) is 17.1 Å². The van der Waals surface area contributed by atoms with Gasteiger partial charge in [-0.1, -0.05) is 78.9 Å². The predicted molar refractivity (Wildman–Crippen MR) is 173 cm³/mol. The SMILES string of the molecule is O=c1[nH]cnc2cc3ccccc3cc12.[Br-].[Mg+2].[c-]1ccccc1.c1ccc(-c2ncnc3cc4ccccc4cc23)cc1. The number of nitrogens with one attached hydrogen (secondary N) is 1. The van der Waals surface area contributed by atoms with Crippen LogP contribution in [0.2, 0.25) is 0 Å². The molecule has 5 nitrogen and oxygen atoms in total. The largest absolute Gasteiger partial charge is 2.00 e. The van der Waals surface area contributed by atoms with Crippen LogP contribution in [0.4, 0.5) is 0 Å². The average Bonchev–Trinajstić information content (AvgIpc) is 3.05. The molecule has 2 heterocycles. The summed E-state index contributed by atoms with van der Waals surface area (Å²) in [5, 5.41) is 6.31. The molecule has 0 aliphatic rings. The van der Waals surface area contributed by atoms with Gasteiger partial charge in [0.05, 0.1) is 28.4 Å². The summed E-state index contributed by atoms with van der Waals surface area (Å²) < 4.78 is 0. The van der Waals surface area contributed by atoms with Crippen molar-refractivity contribution >= 4 is 66.4 Å². The number of H-pyrrole nitrogens is 1. The van der Waals surface area contributed by atoms with Crippen molar-refractivity contribution in [2.75, 3.05) is 0 Å². The third kappa shape index (κ3) is 7.51. The molecule has 1 N–H and O–H groups in total. The molecule has 43 heavy (non-hydrogen) atoms. The Bertz CT molecular complexity index is 2110. The molecule has 0 spiro atoms. The van der Waals surface area contributed by atoms with Crippen LogP contribution in [-0.2, 0) is 0 Å². The van der Waals surface area contributed by atoms with E-state index in [4.69, 9.17) is 0 Å². The molecule has 8 rings (SSSR count). The Kier molecular flexibility index (Phi) is 11.1. The van der Waals surface area contributed by atoms with Crippen molar-refractivity contribution in [3.63, 3.8) is 0 Å². The molecule has 7 heteroatoms. The molecule has 2 aromatic heterocycles. The van der Waals surface area contributed by atoms with Gasteiger partial charge in [-0.15, -0.1) is 0 Å². The standard InChI is InChI=1S/C18H12N2.C12H8N2O.C6H5.BrH.Mg/c1-2-6-13(7-3-1)18-16-10-14-8-4-5-9-15(14)11-17(16)19-12-20-18;15-12-10-5-8-3-1-2-4-9(8)6-11(10)13-7-14-12;1-2-4-6-5-3-1;;/h1-12H;1-7H,(H,13,14,15);1-5H;1H;/q;;-1;;+2/p-1. The zero-order valence-corrected chi connectivity index (χ0v) is 26.2. The molecule has 204 valence electrons. The Morgan fingerprint density at radius 2 is 1.07 bits per heavy atom. The fraction of sp³-hybridized carbons (Fsp3) is 0. The van der Waals surface area contributed by atoms with Crippen LogP contribution in [0, 0.1) is 6.07 Å². The number of rotatable bonds is 1. The molecule has 0 saturated heterocycles. The number of hydrogen-bond donors (Lipinski definition) is 1. The van der Waals surface area contributed by atoms with Gasteiger partial charge in [-0.05, 0) is 45.8 Å². The minimum atomic E-state index is -0.0919. The topological polar surface area (TPSA) is 71.5 Å². The number of benzene rings is 6. The first-order chi connectivity index (χ1) is 20.3. The van der Waals surface area contributed by atoms with Gasteiger partial charge in [-0.25, -0.2) is 15.0 Å². The zero-order valence-electron chi connectivity index (χ0n) is 23.2.